The zero-order chi connectivity index (χ0) is 31.2. The highest BCUT2D eigenvalue weighted by Gasteiger charge is 2.28. The third-order valence-corrected chi connectivity index (χ3v) is 8.09. The molecule has 1 aromatic heterocycles. The SMILES string of the molecule is CC1C=C(N(c2ccccc2)c2ccc(-c3ccc(/C=C(\C#N)C(=O)O)[nH]3)cc2)C=CC1N(C1=CCCC=C1)c1ccccc1. The summed E-state index contributed by atoms with van der Waals surface area (Å²) in [4.78, 5) is 19.2. The van der Waals surface area contributed by atoms with Crippen molar-refractivity contribution in [3.8, 4) is 17.3 Å². The van der Waals surface area contributed by atoms with Crippen molar-refractivity contribution in [1.29, 1.82) is 5.26 Å². The maximum atomic E-state index is 11.2. The van der Waals surface area contributed by atoms with E-state index in [-0.39, 0.29) is 17.5 Å². The highest BCUT2D eigenvalue weighted by atomic mass is 16.4. The third-order valence-electron chi connectivity index (χ3n) is 8.09. The summed E-state index contributed by atoms with van der Waals surface area (Å²) >= 11 is 0. The lowest BCUT2D eigenvalue weighted by Gasteiger charge is -2.39. The lowest BCUT2D eigenvalue weighted by atomic mass is 9.91. The van der Waals surface area contributed by atoms with Gasteiger partial charge in [0.15, 0.2) is 0 Å². The number of rotatable bonds is 9. The van der Waals surface area contributed by atoms with Gasteiger partial charge in [0.05, 0.1) is 6.04 Å². The molecular formula is C39H34N4O2. The van der Waals surface area contributed by atoms with E-state index in [1.807, 2.05) is 24.3 Å². The number of allylic oxidation sites excluding steroid dienone is 4. The molecule has 6 nitrogen and oxygen atoms in total. The number of carbonyl (C=O) groups is 1. The highest BCUT2D eigenvalue weighted by Crippen LogP contribution is 2.37. The molecule has 0 fully saturated rings. The zero-order valence-corrected chi connectivity index (χ0v) is 25.0. The standard InChI is InChI=1S/C39H34N4O2/c1-28-25-36(22-24-38(28)43(33-13-7-3-8-14-33)34-15-9-4-10-16-34)42(32-11-5-2-6-12-32)35-20-17-29(18-21-35)37-23-19-31(41-37)26-30(27-40)39(44)45/h2-3,5-9,11-26,28,38,41H,4,10H2,1H3,(H,44,45)/b30-26+. The molecule has 0 aliphatic heterocycles. The highest BCUT2D eigenvalue weighted by molar-refractivity contribution is 5.96. The van der Waals surface area contributed by atoms with E-state index in [2.05, 4.69) is 125 Å². The number of aromatic nitrogens is 1. The van der Waals surface area contributed by atoms with Gasteiger partial charge < -0.3 is 19.9 Å². The predicted molar refractivity (Wildman–Crippen MR) is 182 cm³/mol. The molecule has 4 aromatic rings. The molecule has 1 heterocycles. The number of carboxylic acids is 1. The summed E-state index contributed by atoms with van der Waals surface area (Å²) < 4.78 is 0. The number of nitrogens with one attached hydrogen (secondary N) is 1. The Bertz CT molecular complexity index is 1860. The number of hydrogen-bond acceptors (Lipinski definition) is 4. The van der Waals surface area contributed by atoms with Gasteiger partial charge in [-0.25, -0.2) is 4.79 Å². The van der Waals surface area contributed by atoms with Crippen LogP contribution < -0.4 is 9.80 Å². The Labute approximate surface area is 263 Å². The maximum absolute atomic E-state index is 11.2. The van der Waals surface area contributed by atoms with Gasteiger partial charge in [-0.15, -0.1) is 0 Å². The summed E-state index contributed by atoms with van der Waals surface area (Å²) in [5, 5.41) is 18.3. The van der Waals surface area contributed by atoms with E-state index < -0.39 is 5.97 Å². The Morgan fingerprint density at radius 1 is 0.867 bits per heavy atom. The van der Waals surface area contributed by atoms with Gasteiger partial charge >= 0.3 is 5.97 Å². The fourth-order valence-electron chi connectivity index (χ4n) is 5.90. The van der Waals surface area contributed by atoms with E-state index in [1.54, 1.807) is 12.1 Å². The second kappa shape index (κ2) is 13.2. The average molecular weight is 591 g/mol. The van der Waals surface area contributed by atoms with Crippen molar-refractivity contribution in [1.82, 2.24) is 4.98 Å². The minimum absolute atomic E-state index is 0.156. The molecule has 0 saturated carbocycles. The van der Waals surface area contributed by atoms with E-state index in [4.69, 9.17) is 5.26 Å². The van der Waals surface area contributed by atoms with E-state index in [0.717, 1.165) is 41.2 Å². The lowest BCUT2D eigenvalue weighted by molar-refractivity contribution is -0.132. The Morgan fingerprint density at radius 2 is 1.56 bits per heavy atom. The van der Waals surface area contributed by atoms with Gasteiger partial charge in [-0.05, 0) is 85.2 Å². The molecule has 2 N–H and O–H groups in total. The van der Waals surface area contributed by atoms with Crippen molar-refractivity contribution >= 4 is 29.1 Å². The first-order chi connectivity index (χ1) is 22.0. The van der Waals surface area contributed by atoms with Crippen molar-refractivity contribution in [2.75, 3.05) is 9.80 Å². The average Bonchev–Trinajstić information content (AvgIpc) is 3.55. The van der Waals surface area contributed by atoms with Gasteiger partial charge in [0.25, 0.3) is 0 Å². The number of H-pyrrole nitrogens is 1. The minimum atomic E-state index is -1.25. The van der Waals surface area contributed by atoms with E-state index >= 15 is 0 Å². The van der Waals surface area contributed by atoms with Gasteiger partial charge in [0, 0.05) is 45.8 Å². The Morgan fingerprint density at radius 3 is 2.18 bits per heavy atom. The fourth-order valence-corrected chi connectivity index (χ4v) is 5.90. The molecule has 0 spiro atoms. The van der Waals surface area contributed by atoms with Gasteiger partial charge in [0.1, 0.15) is 11.6 Å². The number of aliphatic carboxylic acids is 1. The molecule has 6 heteroatoms. The van der Waals surface area contributed by atoms with Crippen LogP contribution in [0.25, 0.3) is 17.3 Å². The van der Waals surface area contributed by atoms with Crippen LogP contribution in [0.4, 0.5) is 17.1 Å². The molecule has 6 rings (SSSR count). The van der Waals surface area contributed by atoms with Gasteiger partial charge in [-0.2, -0.15) is 5.26 Å². The van der Waals surface area contributed by atoms with E-state index in [1.165, 1.54) is 17.5 Å². The zero-order valence-electron chi connectivity index (χ0n) is 25.0. The third kappa shape index (κ3) is 6.43. The summed E-state index contributed by atoms with van der Waals surface area (Å²) in [5.41, 5.74) is 7.63. The number of benzene rings is 3. The van der Waals surface area contributed by atoms with E-state index in [9.17, 15) is 9.90 Å². The lowest BCUT2D eigenvalue weighted by Crippen LogP contribution is -2.39. The fraction of sp³-hybridized carbons (Fsp3) is 0.128. The van der Waals surface area contributed by atoms with Crippen molar-refractivity contribution < 1.29 is 9.90 Å². The first-order valence-electron chi connectivity index (χ1n) is 15.1. The number of nitriles is 1. The Balaban J connectivity index is 1.31. The van der Waals surface area contributed by atoms with Crippen LogP contribution in [0.3, 0.4) is 0 Å². The smallest absolute Gasteiger partial charge is 0.346 e. The summed E-state index contributed by atoms with van der Waals surface area (Å²) in [6.45, 7) is 2.28. The van der Waals surface area contributed by atoms with Crippen molar-refractivity contribution in [2.24, 2.45) is 5.92 Å². The van der Waals surface area contributed by atoms with Crippen LogP contribution in [0, 0.1) is 17.2 Å². The number of aromatic amines is 1. The minimum Gasteiger partial charge on any atom is -0.477 e. The second-order valence-electron chi connectivity index (χ2n) is 11.1. The van der Waals surface area contributed by atoms with Crippen molar-refractivity contribution in [2.45, 2.75) is 25.8 Å². The summed E-state index contributed by atoms with van der Waals surface area (Å²) in [6.07, 6.45) is 17.2. The van der Waals surface area contributed by atoms with E-state index in [0.29, 0.717) is 5.69 Å². The number of hydrogen-bond donors (Lipinski definition) is 2. The van der Waals surface area contributed by atoms with Gasteiger partial charge in [0.2, 0.25) is 0 Å². The summed E-state index contributed by atoms with van der Waals surface area (Å²) in [6, 6.07) is 34.8. The Kier molecular flexibility index (Phi) is 8.61. The van der Waals surface area contributed by atoms with Gasteiger partial charge in [-0.1, -0.05) is 79.8 Å². The topological polar surface area (TPSA) is 83.4 Å². The van der Waals surface area contributed by atoms with Crippen LogP contribution >= 0.6 is 0 Å². The molecule has 3 aromatic carbocycles. The number of nitrogens with zero attached hydrogens (tertiary/aromatic N) is 3. The van der Waals surface area contributed by atoms with Crippen LogP contribution in [0.2, 0.25) is 0 Å². The molecule has 2 aliphatic carbocycles. The molecule has 2 atom stereocenters. The van der Waals surface area contributed by atoms with Gasteiger partial charge in [-0.3, -0.25) is 0 Å². The van der Waals surface area contributed by atoms with Crippen LogP contribution in [-0.4, -0.2) is 22.1 Å². The molecule has 0 saturated heterocycles. The molecule has 222 valence electrons. The van der Waals surface area contributed by atoms with Crippen LogP contribution in [0.15, 0.2) is 150 Å². The molecule has 2 aliphatic rings. The molecule has 45 heavy (non-hydrogen) atoms. The normalized spacial score (nSPS) is 17.6. The monoisotopic (exact) mass is 590 g/mol. The Hall–Kier alpha value is -5.80. The number of para-hydroxylation sites is 2. The van der Waals surface area contributed by atoms with Crippen LogP contribution in [-0.2, 0) is 4.79 Å². The maximum Gasteiger partial charge on any atom is 0.346 e. The van der Waals surface area contributed by atoms with Crippen molar-refractivity contribution in [3.63, 3.8) is 0 Å². The quantitative estimate of drug-likeness (QED) is 0.150. The summed E-state index contributed by atoms with van der Waals surface area (Å²) in [5.74, 6) is -1.03. The van der Waals surface area contributed by atoms with Crippen molar-refractivity contribution in [3.05, 3.63) is 156 Å². The first kappa shape index (κ1) is 29.3. The molecule has 0 radical (unpaired) electrons. The van der Waals surface area contributed by atoms with Crippen LogP contribution in [0.1, 0.15) is 25.5 Å². The molecule has 0 amide bonds. The number of carboxylic acid groups (broad SMARTS) is 1. The van der Waals surface area contributed by atoms with Crippen LogP contribution in [0.5, 0.6) is 0 Å². The molecule has 0 bridgehead atoms. The predicted octanol–water partition coefficient (Wildman–Crippen LogP) is 9.01. The summed E-state index contributed by atoms with van der Waals surface area (Å²) in [7, 11) is 0. The largest absolute Gasteiger partial charge is 0.477 e. The first-order valence-corrected chi connectivity index (χ1v) is 15.1. The molecule has 2 unspecified atom stereocenters. The molecular weight excluding hydrogens is 556 g/mol. The number of anilines is 3. The second-order valence-corrected chi connectivity index (χ2v) is 11.1.